The number of benzene rings is 2. The second kappa shape index (κ2) is 9.39. The second-order valence-corrected chi connectivity index (χ2v) is 7.45. The average molecular weight is 502 g/mol. The summed E-state index contributed by atoms with van der Waals surface area (Å²) in [5.41, 5.74) is 2.58. The molecule has 0 aliphatic carbocycles. The lowest BCUT2D eigenvalue weighted by Gasteiger charge is -2.27. The van der Waals surface area contributed by atoms with E-state index >= 15 is 0 Å². The number of nitrogens with one attached hydrogen (secondary N) is 1. The molecule has 1 aliphatic rings. The summed E-state index contributed by atoms with van der Waals surface area (Å²) in [5, 5.41) is 11.8. The Morgan fingerprint density at radius 3 is 2.48 bits per heavy atom. The van der Waals surface area contributed by atoms with Gasteiger partial charge >= 0.3 is 0 Å². The van der Waals surface area contributed by atoms with E-state index in [1.165, 1.54) is 5.56 Å². The Balaban J connectivity index is 0.00000240. The number of aromatic nitrogens is 3. The van der Waals surface area contributed by atoms with Crippen LogP contribution in [0.3, 0.4) is 0 Å². The molecule has 0 amide bonds. The van der Waals surface area contributed by atoms with Crippen LogP contribution in [0, 0.1) is 0 Å². The van der Waals surface area contributed by atoms with Crippen molar-refractivity contribution in [3.8, 4) is 5.69 Å². The summed E-state index contributed by atoms with van der Waals surface area (Å²) < 4.78 is 2.00. The number of rotatable bonds is 4. The van der Waals surface area contributed by atoms with Crippen molar-refractivity contribution in [2.75, 3.05) is 20.1 Å². The van der Waals surface area contributed by atoms with Gasteiger partial charge < -0.3 is 10.2 Å². The molecule has 1 unspecified atom stereocenters. The molecule has 6 nitrogen and oxygen atoms in total. The van der Waals surface area contributed by atoms with Gasteiger partial charge in [-0.25, -0.2) is 0 Å². The number of para-hydroxylation sites is 1. The molecule has 1 fully saturated rings. The van der Waals surface area contributed by atoms with E-state index in [2.05, 4.69) is 62.7 Å². The van der Waals surface area contributed by atoms with E-state index in [4.69, 9.17) is 0 Å². The van der Waals surface area contributed by atoms with Crippen LogP contribution in [-0.4, -0.2) is 45.8 Å². The van der Waals surface area contributed by atoms with E-state index in [0.29, 0.717) is 6.54 Å². The Kier molecular flexibility index (Phi) is 6.89. The van der Waals surface area contributed by atoms with E-state index < -0.39 is 0 Å². The van der Waals surface area contributed by atoms with Gasteiger partial charge in [-0.15, -0.1) is 34.2 Å². The number of hydrogen-bond donors (Lipinski definition) is 1. The molecule has 2 heterocycles. The first kappa shape index (κ1) is 21.3. The molecule has 0 saturated carbocycles. The summed E-state index contributed by atoms with van der Waals surface area (Å²) in [4.78, 5) is 6.83. The standard InChI is InChI=1S/C22H26N6.HI/c1-22(18-9-5-3-6-10-18)13-14-27(16-22)21(23-2)24-15-20-26-25-17-28(20)19-11-7-4-8-12-19;/h3-12,17H,13-16H2,1-2H3,(H,23,24);1H. The maximum absolute atomic E-state index is 4.51. The first-order valence-electron chi connectivity index (χ1n) is 9.65. The maximum Gasteiger partial charge on any atom is 0.194 e. The van der Waals surface area contributed by atoms with Gasteiger partial charge in [-0.2, -0.15) is 0 Å². The fourth-order valence-electron chi connectivity index (χ4n) is 3.89. The summed E-state index contributed by atoms with van der Waals surface area (Å²) in [5.74, 6) is 1.76. The molecule has 152 valence electrons. The number of hydrogen-bond acceptors (Lipinski definition) is 3. The zero-order valence-electron chi connectivity index (χ0n) is 16.8. The van der Waals surface area contributed by atoms with Crippen molar-refractivity contribution in [1.82, 2.24) is 25.0 Å². The number of likely N-dealkylation sites (tertiary alicyclic amines) is 1. The predicted molar refractivity (Wildman–Crippen MR) is 127 cm³/mol. The van der Waals surface area contributed by atoms with Gasteiger partial charge in [0.2, 0.25) is 0 Å². The van der Waals surface area contributed by atoms with Gasteiger partial charge in [0.15, 0.2) is 11.8 Å². The second-order valence-electron chi connectivity index (χ2n) is 7.45. The lowest BCUT2D eigenvalue weighted by atomic mass is 9.82. The molecule has 0 radical (unpaired) electrons. The van der Waals surface area contributed by atoms with Crippen molar-refractivity contribution in [3.05, 3.63) is 78.4 Å². The summed E-state index contributed by atoms with van der Waals surface area (Å²) in [6.07, 6.45) is 2.86. The predicted octanol–water partition coefficient (Wildman–Crippen LogP) is 3.62. The maximum atomic E-state index is 4.51. The number of halogens is 1. The van der Waals surface area contributed by atoms with Crippen LogP contribution in [0.15, 0.2) is 72.0 Å². The van der Waals surface area contributed by atoms with Gasteiger partial charge in [0, 0.05) is 31.2 Å². The molecule has 0 bridgehead atoms. The van der Waals surface area contributed by atoms with Crippen molar-refractivity contribution in [1.29, 1.82) is 0 Å². The molecule has 1 aromatic heterocycles. The Morgan fingerprint density at radius 1 is 1.10 bits per heavy atom. The van der Waals surface area contributed by atoms with Gasteiger partial charge in [-0.05, 0) is 24.1 Å². The van der Waals surface area contributed by atoms with Gasteiger partial charge in [-0.1, -0.05) is 55.5 Å². The Hall–Kier alpha value is -2.42. The molecule has 1 N–H and O–H groups in total. The van der Waals surface area contributed by atoms with E-state index in [0.717, 1.165) is 37.0 Å². The van der Waals surface area contributed by atoms with Crippen molar-refractivity contribution in [2.45, 2.75) is 25.3 Å². The van der Waals surface area contributed by atoms with E-state index in [1.807, 2.05) is 41.9 Å². The fourth-order valence-corrected chi connectivity index (χ4v) is 3.89. The van der Waals surface area contributed by atoms with Crippen LogP contribution >= 0.6 is 24.0 Å². The number of aliphatic imine (C=N–C) groups is 1. The van der Waals surface area contributed by atoms with Crippen molar-refractivity contribution >= 4 is 29.9 Å². The van der Waals surface area contributed by atoms with E-state index in [-0.39, 0.29) is 29.4 Å². The Bertz CT molecular complexity index is 940. The average Bonchev–Trinajstić information content (AvgIpc) is 3.38. The molecule has 29 heavy (non-hydrogen) atoms. The zero-order chi connectivity index (χ0) is 19.4. The number of guanidine groups is 1. The van der Waals surface area contributed by atoms with Gasteiger partial charge in [0.1, 0.15) is 6.33 Å². The third-order valence-electron chi connectivity index (χ3n) is 5.51. The highest BCUT2D eigenvalue weighted by Gasteiger charge is 2.36. The SMILES string of the molecule is CN=C(NCc1nncn1-c1ccccc1)N1CCC(C)(c2ccccc2)C1.I. The van der Waals surface area contributed by atoms with Crippen LogP contribution in [0.25, 0.3) is 5.69 Å². The van der Waals surface area contributed by atoms with Crippen molar-refractivity contribution < 1.29 is 0 Å². The third kappa shape index (κ3) is 4.60. The quantitative estimate of drug-likeness (QED) is 0.337. The normalized spacial score (nSPS) is 19.1. The lowest BCUT2D eigenvalue weighted by Crippen LogP contribution is -2.41. The molecule has 1 atom stereocenters. The first-order chi connectivity index (χ1) is 13.7. The van der Waals surface area contributed by atoms with Crippen LogP contribution < -0.4 is 5.32 Å². The zero-order valence-corrected chi connectivity index (χ0v) is 19.2. The highest BCUT2D eigenvalue weighted by Crippen LogP contribution is 2.33. The first-order valence-corrected chi connectivity index (χ1v) is 9.65. The van der Waals surface area contributed by atoms with Crippen LogP contribution in [0.5, 0.6) is 0 Å². The summed E-state index contributed by atoms with van der Waals surface area (Å²) >= 11 is 0. The minimum atomic E-state index is 0. The number of nitrogens with zero attached hydrogens (tertiary/aromatic N) is 5. The van der Waals surface area contributed by atoms with Gasteiger partial charge in [0.25, 0.3) is 0 Å². The highest BCUT2D eigenvalue weighted by molar-refractivity contribution is 14.0. The van der Waals surface area contributed by atoms with E-state index in [9.17, 15) is 0 Å². The molecule has 7 heteroatoms. The van der Waals surface area contributed by atoms with Gasteiger partial charge in [0.05, 0.1) is 6.54 Å². The Morgan fingerprint density at radius 2 is 1.79 bits per heavy atom. The molecular formula is C22H27IN6. The summed E-state index contributed by atoms with van der Waals surface area (Å²) in [6, 6.07) is 20.9. The molecule has 3 aromatic rings. The smallest absolute Gasteiger partial charge is 0.194 e. The molecule has 0 spiro atoms. The van der Waals surface area contributed by atoms with Crippen LogP contribution in [0.2, 0.25) is 0 Å². The van der Waals surface area contributed by atoms with Crippen LogP contribution in [0.4, 0.5) is 0 Å². The van der Waals surface area contributed by atoms with Gasteiger partial charge in [-0.3, -0.25) is 9.56 Å². The lowest BCUT2D eigenvalue weighted by molar-refractivity contribution is 0.437. The monoisotopic (exact) mass is 502 g/mol. The topological polar surface area (TPSA) is 58.3 Å². The molecule has 1 aliphatic heterocycles. The molecule has 4 rings (SSSR count). The van der Waals surface area contributed by atoms with E-state index in [1.54, 1.807) is 6.33 Å². The summed E-state index contributed by atoms with van der Waals surface area (Å²) in [6.45, 7) is 4.83. The van der Waals surface area contributed by atoms with Crippen molar-refractivity contribution in [2.24, 2.45) is 4.99 Å². The molecule has 1 saturated heterocycles. The highest BCUT2D eigenvalue weighted by atomic mass is 127. The van der Waals surface area contributed by atoms with Crippen molar-refractivity contribution in [3.63, 3.8) is 0 Å². The largest absolute Gasteiger partial charge is 0.349 e. The summed E-state index contributed by atoms with van der Waals surface area (Å²) in [7, 11) is 1.84. The fraction of sp³-hybridized carbons (Fsp3) is 0.318. The minimum absolute atomic E-state index is 0. The van der Waals surface area contributed by atoms with Crippen LogP contribution in [-0.2, 0) is 12.0 Å². The molecule has 2 aromatic carbocycles. The molecular weight excluding hydrogens is 475 g/mol. The third-order valence-corrected chi connectivity index (χ3v) is 5.51. The Labute approximate surface area is 189 Å². The van der Waals surface area contributed by atoms with Crippen LogP contribution in [0.1, 0.15) is 24.7 Å². The minimum Gasteiger partial charge on any atom is -0.349 e.